The van der Waals surface area contributed by atoms with Gasteiger partial charge in [-0.3, -0.25) is 14.4 Å². The van der Waals surface area contributed by atoms with Crippen molar-refractivity contribution in [2.75, 3.05) is 25.0 Å². The molecule has 1 aromatic heterocycles. The fourth-order valence-electron chi connectivity index (χ4n) is 3.94. The molecular formula is C29H38N6O4. The Kier molecular flexibility index (Phi) is 10.4. The van der Waals surface area contributed by atoms with Gasteiger partial charge in [-0.25, -0.2) is 4.98 Å². The number of hydrogen-bond donors (Lipinski definition) is 3. The predicted octanol–water partition coefficient (Wildman–Crippen LogP) is 2.72. The first-order chi connectivity index (χ1) is 18.6. The van der Waals surface area contributed by atoms with Gasteiger partial charge in [-0.1, -0.05) is 60.7 Å². The molecule has 0 spiro atoms. The normalized spacial score (nSPS) is 12.8. The van der Waals surface area contributed by atoms with Crippen molar-refractivity contribution in [3.8, 4) is 0 Å². The smallest absolute Gasteiger partial charge is 0.250 e. The van der Waals surface area contributed by atoms with Crippen molar-refractivity contribution in [2.45, 2.75) is 51.9 Å². The lowest BCUT2D eigenvalue weighted by atomic mass is 10.1. The summed E-state index contributed by atoms with van der Waals surface area (Å²) in [5.74, 6) is -0.851. The lowest BCUT2D eigenvalue weighted by Crippen LogP contribution is -2.56. The van der Waals surface area contributed by atoms with Gasteiger partial charge in [0.05, 0.1) is 25.1 Å². The van der Waals surface area contributed by atoms with Crippen molar-refractivity contribution in [3.05, 3.63) is 84.3 Å². The average molecular weight is 535 g/mol. The van der Waals surface area contributed by atoms with Gasteiger partial charge in [0.1, 0.15) is 12.1 Å². The number of imidazole rings is 1. The standard InChI is InChI=1S/C29H38N6O4/c1-5-34(6-2)27(37)25(22-15-11-8-12-16-22)35-17-24(31-20-35)33-26(36)23(32-28(38)29(3,4)30)19-39-18-21-13-9-7-10-14-21/h7-17,20,23,25H,5-6,18-19,30H2,1-4H3,(H,32,38)(H,33,36). The number of nitrogens with one attached hydrogen (secondary N) is 2. The third kappa shape index (κ3) is 8.23. The molecule has 0 aliphatic heterocycles. The Bertz CT molecular complexity index is 1220. The van der Waals surface area contributed by atoms with Crippen molar-refractivity contribution in [2.24, 2.45) is 5.73 Å². The Labute approximate surface area is 229 Å². The zero-order valence-electron chi connectivity index (χ0n) is 23.0. The number of anilines is 1. The number of nitrogens with zero attached hydrogens (tertiary/aromatic N) is 3. The highest BCUT2D eigenvalue weighted by atomic mass is 16.5. The van der Waals surface area contributed by atoms with Crippen molar-refractivity contribution in [3.63, 3.8) is 0 Å². The highest BCUT2D eigenvalue weighted by Gasteiger charge is 2.30. The van der Waals surface area contributed by atoms with E-state index in [4.69, 9.17) is 10.5 Å². The van der Waals surface area contributed by atoms with E-state index in [-0.39, 0.29) is 24.9 Å². The first kappa shape index (κ1) is 29.5. The molecule has 39 heavy (non-hydrogen) atoms. The summed E-state index contributed by atoms with van der Waals surface area (Å²) in [7, 11) is 0. The fraction of sp³-hybridized carbons (Fsp3) is 0.379. The molecular weight excluding hydrogens is 496 g/mol. The molecule has 0 aliphatic carbocycles. The molecule has 0 radical (unpaired) electrons. The lowest BCUT2D eigenvalue weighted by Gasteiger charge is -2.26. The van der Waals surface area contributed by atoms with Crippen LogP contribution in [0.4, 0.5) is 5.82 Å². The van der Waals surface area contributed by atoms with Crippen LogP contribution in [0.3, 0.4) is 0 Å². The largest absolute Gasteiger partial charge is 0.374 e. The topological polar surface area (TPSA) is 132 Å². The van der Waals surface area contributed by atoms with Gasteiger partial charge in [-0.15, -0.1) is 0 Å². The summed E-state index contributed by atoms with van der Waals surface area (Å²) in [4.78, 5) is 45.3. The monoisotopic (exact) mass is 534 g/mol. The molecule has 0 bridgehead atoms. The van der Waals surface area contributed by atoms with Crippen LogP contribution < -0.4 is 16.4 Å². The molecule has 3 amide bonds. The van der Waals surface area contributed by atoms with Crippen molar-refractivity contribution < 1.29 is 19.1 Å². The van der Waals surface area contributed by atoms with E-state index in [1.165, 1.54) is 6.33 Å². The molecule has 3 rings (SSSR count). The highest BCUT2D eigenvalue weighted by molar-refractivity contribution is 5.98. The molecule has 2 aromatic carbocycles. The van der Waals surface area contributed by atoms with Crippen molar-refractivity contribution >= 4 is 23.5 Å². The third-order valence-corrected chi connectivity index (χ3v) is 6.18. The van der Waals surface area contributed by atoms with Gasteiger partial charge < -0.3 is 30.6 Å². The molecule has 3 aromatic rings. The number of carbonyl (C=O) groups is 3. The molecule has 2 unspecified atom stereocenters. The summed E-state index contributed by atoms with van der Waals surface area (Å²) in [5, 5.41) is 5.41. The second kappa shape index (κ2) is 13.7. The zero-order chi connectivity index (χ0) is 28.4. The van der Waals surface area contributed by atoms with Crippen molar-refractivity contribution in [1.82, 2.24) is 19.8 Å². The molecule has 10 heteroatoms. The molecule has 1 heterocycles. The van der Waals surface area contributed by atoms with E-state index in [0.717, 1.165) is 11.1 Å². The second-order valence-electron chi connectivity index (χ2n) is 9.77. The van der Waals surface area contributed by atoms with Crippen LogP contribution in [-0.4, -0.2) is 63.4 Å². The number of benzene rings is 2. The van der Waals surface area contributed by atoms with Crippen LogP contribution in [0.5, 0.6) is 0 Å². The summed E-state index contributed by atoms with van der Waals surface area (Å²) >= 11 is 0. The van der Waals surface area contributed by atoms with E-state index >= 15 is 0 Å². The van der Waals surface area contributed by atoms with Gasteiger partial charge in [0.2, 0.25) is 11.8 Å². The van der Waals surface area contributed by atoms with E-state index in [1.807, 2.05) is 74.5 Å². The van der Waals surface area contributed by atoms with Gasteiger partial charge in [0.25, 0.3) is 5.91 Å². The lowest BCUT2D eigenvalue weighted by molar-refractivity contribution is -0.133. The van der Waals surface area contributed by atoms with Crippen LogP contribution in [0.15, 0.2) is 73.2 Å². The molecule has 0 saturated heterocycles. The van der Waals surface area contributed by atoms with Crippen LogP contribution in [-0.2, 0) is 25.7 Å². The van der Waals surface area contributed by atoms with Gasteiger partial charge in [0.15, 0.2) is 5.82 Å². The second-order valence-corrected chi connectivity index (χ2v) is 9.77. The minimum Gasteiger partial charge on any atom is -0.374 e. The summed E-state index contributed by atoms with van der Waals surface area (Å²) < 4.78 is 7.42. The quantitative estimate of drug-likeness (QED) is 0.309. The number of ether oxygens (including phenoxy) is 1. The maximum absolute atomic E-state index is 13.4. The van der Waals surface area contributed by atoms with Crippen LogP contribution in [0, 0.1) is 0 Å². The summed E-state index contributed by atoms with van der Waals surface area (Å²) in [6.07, 6.45) is 3.12. The Morgan fingerprint density at radius 2 is 1.64 bits per heavy atom. The minimum absolute atomic E-state index is 0.0731. The van der Waals surface area contributed by atoms with Gasteiger partial charge >= 0.3 is 0 Å². The van der Waals surface area contributed by atoms with Crippen LogP contribution >= 0.6 is 0 Å². The highest BCUT2D eigenvalue weighted by Crippen LogP contribution is 2.22. The van der Waals surface area contributed by atoms with E-state index in [0.29, 0.717) is 13.1 Å². The number of likely N-dealkylation sites (N-methyl/N-ethyl adjacent to an activating group) is 1. The summed E-state index contributed by atoms with van der Waals surface area (Å²) in [6, 6.07) is 17.2. The number of rotatable bonds is 13. The van der Waals surface area contributed by atoms with Gasteiger partial charge in [-0.05, 0) is 38.8 Å². The molecule has 0 aliphatic rings. The Morgan fingerprint density at radius 1 is 1.03 bits per heavy atom. The first-order valence-electron chi connectivity index (χ1n) is 13.0. The van der Waals surface area contributed by atoms with Crippen molar-refractivity contribution in [1.29, 1.82) is 0 Å². The SMILES string of the molecule is CCN(CC)C(=O)C(c1ccccc1)n1cnc(NC(=O)C(COCc2ccccc2)NC(=O)C(C)(C)N)c1. The van der Waals surface area contributed by atoms with E-state index in [2.05, 4.69) is 15.6 Å². The van der Waals surface area contributed by atoms with Crippen LogP contribution in [0.25, 0.3) is 0 Å². The summed E-state index contributed by atoms with van der Waals surface area (Å²) in [5.41, 5.74) is 6.48. The molecule has 0 fully saturated rings. The Morgan fingerprint density at radius 3 is 2.23 bits per heavy atom. The third-order valence-electron chi connectivity index (χ3n) is 6.18. The fourth-order valence-corrected chi connectivity index (χ4v) is 3.94. The summed E-state index contributed by atoms with van der Waals surface area (Å²) in [6.45, 7) is 8.31. The molecule has 10 nitrogen and oxygen atoms in total. The zero-order valence-corrected chi connectivity index (χ0v) is 23.0. The number of hydrogen-bond acceptors (Lipinski definition) is 6. The van der Waals surface area contributed by atoms with Crippen LogP contribution in [0.1, 0.15) is 44.9 Å². The molecule has 0 saturated carbocycles. The Hall–Kier alpha value is -4.02. The number of nitrogens with two attached hydrogens (primary N) is 1. The minimum atomic E-state index is -1.19. The van der Waals surface area contributed by atoms with Crippen LogP contribution in [0.2, 0.25) is 0 Å². The van der Waals surface area contributed by atoms with Gasteiger partial charge in [0, 0.05) is 19.3 Å². The maximum Gasteiger partial charge on any atom is 0.250 e. The van der Waals surface area contributed by atoms with E-state index in [9.17, 15) is 14.4 Å². The molecule has 2 atom stereocenters. The van der Waals surface area contributed by atoms with E-state index in [1.54, 1.807) is 29.5 Å². The van der Waals surface area contributed by atoms with E-state index < -0.39 is 29.4 Å². The average Bonchev–Trinajstić information content (AvgIpc) is 3.37. The predicted molar refractivity (Wildman–Crippen MR) is 150 cm³/mol. The Balaban J connectivity index is 1.78. The first-order valence-corrected chi connectivity index (χ1v) is 13.0. The molecule has 4 N–H and O–H groups in total. The number of carbonyl (C=O) groups excluding carboxylic acids is 3. The maximum atomic E-state index is 13.4. The van der Waals surface area contributed by atoms with Gasteiger partial charge in [-0.2, -0.15) is 0 Å². The number of amides is 3. The molecule has 208 valence electrons. The number of aromatic nitrogens is 2.